The molecular weight excluding hydrogens is 302 g/mol. The number of hydrogen-bond donors (Lipinski definition) is 1. The van der Waals surface area contributed by atoms with Crippen molar-refractivity contribution in [1.82, 2.24) is 20.3 Å². The van der Waals surface area contributed by atoms with Gasteiger partial charge in [0.1, 0.15) is 11.0 Å². The first kappa shape index (κ1) is 15.1. The number of hydrogen-bond acceptors (Lipinski definition) is 3. The quantitative estimate of drug-likeness (QED) is 0.808. The van der Waals surface area contributed by atoms with E-state index in [4.69, 9.17) is 0 Å². The van der Waals surface area contributed by atoms with Gasteiger partial charge in [0.05, 0.1) is 6.04 Å². The van der Waals surface area contributed by atoms with Gasteiger partial charge in [0.15, 0.2) is 11.6 Å². The zero-order valence-electron chi connectivity index (χ0n) is 12.5. The summed E-state index contributed by atoms with van der Waals surface area (Å²) >= 11 is 0. The number of amides is 1. The molecule has 7 heteroatoms. The first-order valence-electron chi connectivity index (χ1n) is 7.00. The zero-order chi connectivity index (χ0) is 16.6. The lowest BCUT2D eigenvalue weighted by Crippen LogP contribution is -2.29. The topological polar surface area (TPSA) is 61.9 Å². The molecule has 0 aliphatic rings. The standard InChI is InChI=1S/C16H14F2N4O/c1-9(10-3-5-12(17)13(18)7-10)22(2)16(23)11-4-6-14-15(8-11)20-21-19-14/h3-9H,1-2H3,(H,19,20,21)/t9-/m0/s1. The van der Waals surface area contributed by atoms with Crippen LogP contribution in [-0.2, 0) is 0 Å². The van der Waals surface area contributed by atoms with E-state index in [0.717, 1.165) is 12.1 Å². The summed E-state index contributed by atoms with van der Waals surface area (Å²) in [6, 6.07) is 8.20. The summed E-state index contributed by atoms with van der Waals surface area (Å²) in [7, 11) is 1.61. The molecule has 0 spiro atoms. The molecule has 0 aliphatic carbocycles. The Morgan fingerprint density at radius 2 is 1.83 bits per heavy atom. The molecule has 2 aromatic carbocycles. The molecule has 0 fully saturated rings. The summed E-state index contributed by atoms with van der Waals surface area (Å²) in [6.07, 6.45) is 0. The van der Waals surface area contributed by atoms with Crippen molar-refractivity contribution in [3.63, 3.8) is 0 Å². The minimum absolute atomic E-state index is 0.243. The molecule has 0 aliphatic heterocycles. The summed E-state index contributed by atoms with van der Waals surface area (Å²) < 4.78 is 26.4. The first-order chi connectivity index (χ1) is 11.0. The summed E-state index contributed by atoms with van der Waals surface area (Å²) in [4.78, 5) is 14.0. The number of carbonyl (C=O) groups excluding carboxylic acids is 1. The van der Waals surface area contributed by atoms with Crippen molar-refractivity contribution in [2.75, 3.05) is 7.05 Å². The number of nitrogens with zero attached hydrogens (tertiary/aromatic N) is 3. The molecule has 1 atom stereocenters. The minimum atomic E-state index is -0.931. The summed E-state index contributed by atoms with van der Waals surface area (Å²) in [5, 5.41) is 10.4. The highest BCUT2D eigenvalue weighted by atomic mass is 19.2. The van der Waals surface area contributed by atoms with Crippen molar-refractivity contribution < 1.29 is 13.6 Å². The van der Waals surface area contributed by atoms with Crippen molar-refractivity contribution in [1.29, 1.82) is 0 Å². The second-order valence-corrected chi connectivity index (χ2v) is 5.29. The number of benzene rings is 2. The predicted octanol–water partition coefficient (Wildman–Crippen LogP) is 3.07. The van der Waals surface area contributed by atoms with Gasteiger partial charge in [-0.15, -0.1) is 0 Å². The Hall–Kier alpha value is -2.83. The van der Waals surface area contributed by atoms with Crippen LogP contribution >= 0.6 is 0 Å². The molecule has 0 radical (unpaired) electrons. The van der Waals surface area contributed by atoms with Crippen molar-refractivity contribution in [3.8, 4) is 0 Å². The third-order valence-corrected chi connectivity index (χ3v) is 3.89. The van der Waals surface area contributed by atoms with E-state index < -0.39 is 17.7 Å². The maximum atomic E-state index is 13.4. The van der Waals surface area contributed by atoms with Crippen LogP contribution < -0.4 is 0 Å². The number of carbonyl (C=O) groups is 1. The Morgan fingerprint density at radius 1 is 1.09 bits per heavy atom. The zero-order valence-corrected chi connectivity index (χ0v) is 12.5. The monoisotopic (exact) mass is 316 g/mol. The highest BCUT2D eigenvalue weighted by Gasteiger charge is 2.20. The number of fused-ring (bicyclic) bond motifs is 1. The van der Waals surface area contributed by atoms with E-state index >= 15 is 0 Å². The van der Waals surface area contributed by atoms with Gasteiger partial charge in [-0.3, -0.25) is 4.79 Å². The summed E-state index contributed by atoms with van der Waals surface area (Å²) in [5.41, 5.74) is 2.22. The van der Waals surface area contributed by atoms with Gasteiger partial charge in [-0.05, 0) is 42.8 Å². The Bertz CT molecular complexity index is 877. The fraction of sp³-hybridized carbons (Fsp3) is 0.188. The summed E-state index contributed by atoms with van der Waals surface area (Å²) in [6.45, 7) is 1.75. The highest BCUT2D eigenvalue weighted by molar-refractivity contribution is 5.97. The van der Waals surface area contributed by atoms with Crippen LogP contribution in [0.25, 0.3) is 11.0 Å². The molecule has 118 valence electrons. The third kappa shape index (κ3) is 2.77. The normalized spacial score (nSPS) is 12.3. The molecular formula is C16H14F2N4O. The molecule has 1 heterocycles. The SMILES string of the molecule is C[C@@H](c1ccc(F)c(F)c1)N(C)C(=O)c1ccc2n[nH]nc2c1. The van der Waals surface area contributed by atoms with Crippen molar-refractivity contribution in [3.05, 3.63) is 59.2 Å². The van der Waals surface area contributed by atoms with Gasteiger partial charge in [0.2, 0.25) is 0 Å². The van der Waals surface area contributed by atoms with Crippen molar-refractivity contribution in [2.24, 2.45) is 0 Å². The van der Waals surface area contributed by atoms with E-state index in [1.54, 1.807) is 32.2 Å². The number of halogens is 2. The number of aromatic amines is 1. The van der Waals surface area contributed by atoms with Crippen LogP contribution in [0.15, 0.2) is 36.4 Å². The van der Waals surface area contributed by atoms with Crippen LogP contribution in [0.3, 0.4) is 0 Å². The van der Waals surface area contributed by atoms with Crippen LogP contribution in [0, 0.1) is 11.6 Å². The average Bonchev–Trinajstić information content (AvgIpc) is 3.02. The highest BCUT2D eigenvalue weighted by Crippen LogP contribution is 2.23. The molecule has 1 amide bonds. The van der Waals surface area contributed by atoms with Crippen molar-refractivity contribution in [2.45, 2.75) is 13.0 Å². The third-order valence-electron chi connectivity index (χ3n) is 3.89. The number of nitrogens with one attached hydrogen (secondary N) is 1. The van der Waals surface area contributed by atoms with Crippen LogP contribution in [0.2, 0.25) is 0 Å². The number of rotatable bonds is 3. The van der Waals surface area contributed by atoms with Crippen molar-refractivity contribution >= 4 is 16.9 Å². The second kappa shape index (κ2) is 5.75. The van der Waals surface area contributed by atoms with Gasteiger partial charge >= 0.3 is 0 Å². The molecule has 1 aromatic heterocycles. The maximum Gasteiger partial charge on any atom is 0.254 e. The molecule has 5 nitrogen and oxygen atoms in total. The van der Waals surface area contributed by atoms with E-state index in [1.807, 2.05) is 0 Å². The molecule has 1 N–H and O–H groups in total. The van der Waals surface area contributed by atoms with E-state index in [1.165, 1.54) is 11.0 Å². The Balaban J connectivity index is 1.86. The van der Waals surface area contributed by atoms with E-state index in [9.17, 15) is 13.6 Å². The lowest BCUT2D eigenvalue weighted by Gasteiger charge is -2.25. The Morgan fingerprint density at radius 3 is 2.57 bits per heavy atom. The van der Waals surface area contributed by atoms with Gasteiger partial charge in [-0.1, -0.05) is 6.07 Å². The first-order valence-corrected chi connectivity index (χ1v) is 7.00. The smallest absolute Gasteiger partial charge is 0.254 e. The Kier molecular flexibility index (Phi) is 3.77. The van der Waals surface area contributed by atoms with E-state index in [0.29, 0.717) is 22.2 Å². The predicted molar refractivity (Wildman–Crippen MR) is 80.8 cm³/mol. The number of aromatic nitrogens is 3. The van der Waals surface area contributed by atoms with E-state index in [-0.39, 0.29) is 5.91 Å². The largest absolute Gasteiger partial charge is 0.335 e. The van der Waals surface area contributed by atoms with Gasteiger partial charge in [-0.2, -0.15) is 15.4 Å². The molecule has 0 saturated heterocycles. The van der Waals surface area contributed by atoms with E-state index in [2.05, 4.69) is 15.4 Å². The van der Waals surface area contributed by atoms with Gasteiger partial charge in [-0.25, -0.2) is 8.78 Å². The van der Waals surface area contributed by atoms with Crippen LogP contribution in [0.4, 0.5) is 8.78 Å². The van der Waals surface area contributed by atoms with Crippen LogP contribution in [0.1, 0.15) is 28.9 Å². The fourth-order valence-electron chi connectivity index (χ4n) is 2.35. The lowest BCUT2D eigenvalue weighted by atomic mass is 10.1. The average molecular weight is 316 g/mol. The molecule has 0 bridgehead atoms. The molecule has 23 heavy (non-hydrogen) atoms. The minimum Gasteiger partial charge on any atom is -0.335 e. The lowest BCUT2D eigenvalue weighted by molar-refractivity contribution is 0.0742. The van der Waals surface area contributed by atoms with Crippen LogP contribution in [0.5, 0.6) is 0 Å². The van der Waals surface area contributed by atoms with Crippen LogP contribution in [-0.4, -0.2) is 33.3 Å². The van der Waals surface area contributed by atoms with Gasteiger partial charge in [0, 0.05) is 12.6 Å². The second-order valence-electron chi connectivity index (χ2n) is 5.29. The molecule has 3 rings (SSSR count). The number of H-pyrrole nitrogens is 1. The molecule has 0 saturated carbocycles. The van der Waals surface area contributed by atoms with Gasteiger partial charge in [0.25, 0.3) is 5.91 Å². The fourth-order valence-corrected chi connectivity index (χ4v) is 2.35. The maximum absolute atomic E-state index is 13.4. The van der Waals surface area contributed by atoms with Gasteiger partial charge < -0.3 is 4.90 Å². The Labute approximate surface area is 130 Å². The molecule has 3 aromatic rings. The molecule has 0 unspecified atom stereocenters. The summed E-state index contributed by atoms with van der Waals surface area (Å²) in [5.74, 6) is -2.09.